The molecule has 0 atom stereocenters. The van der Waals surface area contributed by atoms with Crippen LogP contribution in [0.3, 0.4) is 0 Å². The van der Waals surface area contributed by atoms with Crippen LogP contribution in [0.25, 0.3) is 82.4 Å². The zero-order valence-corrected chi connectivity index (χ0v) is 27.3. The first-order valence-electron chi connectivity index (χ1n) is 16.7. The Bertz CT molecular complexity index is 2940. The van der Waals surface area contributed by atoms with Crippen molar-refractivity contribution in [2.45, 2.75) is 0 Å². The second-order valence-corrected chi connectivity index (χ2v) is 12.6. The molecule has 0 spiro atoms. The summed E-state index contributed by atoms with van der Waals surface area (Å²) in [5, 5.41) is 36.8. The Kier molecular flexibility index (Phi) is 6.93. The van der Waals surface area contributed by atoms with E-state index in [4.69, 9.17) is 0 Å². The summed E-state index contributed by atoms with van der Waals surface area (Å²) in [6.45, 7) is 0. The lowest BCUT2D eigenvalue weighted by atomic mass is 9.83. The molecule has 8 aromatic carbocycles. The van der Waals surface area contributed by atoms with Gasteiger partial charge in [0.2, 0.25) is 0 Å². The Labute approximate surface area is 294 Å². The highest BCUT2D eigenvalue weighted by molar-refractivity contribution is 6.22. The maximum atomic E-state index is 10.7. The summed E-state index contributed by atoms with van der Waals surface area (Å²) >= 11 is 0. The van der Waals surface area contributed by atoms with Crippen LogP contribution >= 0.6 is 0 Å². The molecule has 0 amide bonds. The van der Waals surface area contributed by atoms with Crippen molar-refractivity contribution in [3.63, 3.8) is 0 Å². The number of rotatable bonds is 4. The fourth-order valence-electron chi connectivity index (χ4n) is 7.70. The molecule has 9 aromatic rings. The summed E-state index contributed by atoms with van der Waals surface area (Å²) in [6.07, 6.45) is 0. The summed E-state index contributed by atoms with van der Waals surface area (Å²) in [4.78, 5) is 0. The summed E-state index contributed by atoms with van der Waals surface area (Å²) in [5.41, 5.74) is 10.4. The Balaban J connectivity index is 1.31. The quantitative estimate of drug-likeness (QED) is 0.179. The van der Waals surface area contributed by atoms with Gasteiger partial charge in [-0.25, -0.2) is 0 Å². The highest BCUT2D eigenvalue weighted by atomic mass is 15.0. The zero-order valence-electron chi connectivity index (χ0n) is 27.3. The first-order valence-corrected chi connectivity index (χ1v) is 16.7. The van der Waals surface area contributed by atoms with Crippen LogP contribution < -0.4 is 0 Å². The topological polar surface area (TPSA) is 76.3 Å². The standard InChI is InChI=1S/C47H26N4/c48-27-30-18-21-35(33-20-23-43(34(26-33)29-50)51-44-17-9-8-12-36(44)41-24-31(28-49)19-22-45(41)51)42(25-30)47-39-15-6-4-13-37(39)46(32-10-2-1-3-11-32)38-14-5-7-16-40(38)47/h1-26H. The number of nitrogens with zero attached hydrogens (tertiary/aromatic N) is 4. The van der Waals surface area contributed by atoms with E-state index in [9.17, 15) is 15.8 Å². The number of hydrogen-bond acceptors (Lipinski definition) is 3. The number of aromatic nitrogens is 1. The number of fused-ring (bicyclic) bond motifs is 5. The molecule has 0 aliphatic carbocycles. The van der Waals surface area contributed by atoms with Gasteiger partial charge in [-0.05, 0) is 103 Å². The minimum absolute atomic E-state index is 0.518. The summed E-state index contributed by atoms with van der Waals surface area (Å²) in [6, 6.07) is 60.2. The molecule has 4 heteroatoms. The molecule has 1 aromatic heterocycles. The summed E-state index contributed by atoms with van der Waals surface area (Å²) < 4.78 is 2.11. The molecule has 0 saturated carbocycles. The van der Waals surface area contributed by atoms with Crippen molar-refractivity contribution in [2.24, 2.45) is 0 Å². The van der Waals surface area contributed by atoms with Gasteiger partial charge in [-0.3, -0.25) is 0 Å². The Morgan fingerprint density at radius 3 is 1.61 bits per heavy atom. The predicted octanol–water partition coefficient (Wildman–Crippen LogP) is 11.7. The molecular weight excluding hydrogens is 621 g/mol. The second kappa shape index (κ2) is 11.9. The number of para-hydroxylation sites is 1. The van der Waals surface area contributed by atoms with Gasteiger partial charge in [-0.1, -0.05) is 109 Å². The van der Waals surface area contributed by atoms with Crippen molar-refractivity contribution in [3.8, 4) is 57.3 Å². The second-order valence-electron chi connectivity index (χ2n) is 12.6. The average molecular weight is 647 g/mol. The fraction of sp³-hybridized carbons (Fsp3) is 0. The Hall–Kier alpha value is -7.45. The Morgan fingerprint density at radius 1 is 0.373 bits per heavy atom. The molecule has 0 aliphatic heterocycles. The molecule has 0 saturated heterocycles. The molecule has 1 heterocycles. The maximum absolute atomic E-state index is 10.7. The lowest BCUT2D eigenvalue weighted by Crippen LogP contribution is -1.99. The molecule has 0 unspecified atom stereocenters. The lowest BCUT2D eigenvalue weighted by Gasteiger charge is -2.20. The van der Waals surface area contributed by atoms with Gasteiger partial charge in [0.1, 0.15) is 6.07 Å². The first kappa shape index (κ1) is 29.7. The van der Waals surface area contributed by atoms with Crippen molar-refractivity contribution in [1.29, 1.82) is 15.8 Å². The molecule has 0 fully saturated rings. The van der Waals surface area contributed by atoms with E-state index in [0.29, 0.717) is 16.7 Å². The van der Waals surface area contributed by atoms with E-state index in [2.05, 4.69) is 108 Å². The monoisotopic (exact) mass is 646 g/mol. The van der Waals surface area contributed by atoms with Gasteiger partial charge in [0, 0.05) is 10.8 Å². The number of benzene rings is 8. The smallest absolute Gasteiger partial charge is 0.101 e. The molecule has 51 heavy (non-hydrogen) atoms. The highest BCUT2D eigenvalue weighted by Crippen LogP contribution is 2.46. The van der Waals surface area contributed by atoms with Crippen molar-refractivity contribution < 1.29 is 0 Å². The molecule has 0 bridgehead atoms. The largest absolute Gasteiger partial charge is 0.308 e. The minimum atomic E-state index is 0.518. The van der Waals surface area contributed by atoms with E-state index in [-0.39, 0.29) is 0 Å². The van der Waals surface area contributed by atoms with E-state index < -0.39 is 0 Å². The van der Waals surface area contributed by atoms with E-state index in [1.165, 1.54) is 5.56 Å². The van der Waals surface area contributed by atoms with Crippen LogP contribution in [0.2, 0.25) is 0 Å². The minimum Gasteiger partial charge on any atom is -0.308 e. The highest BCUT2D eigenvalue weighted by Gasteiger charge is 2.21. The van der Waals surface area contributed by atoms with Crippen molar-refractivity contribution in [3.05, 3.63) is 174 Å². The van der Waals surface area contributed by atoms with Crippen LogP contribution in [0.1, 0.15) is 16.7 Å². The summed E-state index contributed by atoms with van der Waals surface area (Å²) in [5.74, 6) is 0. The molecule has 234 valence electrons. The zero-order chi connectivity index (χ0) is 34.5. The molecule has 4 nitrogen and oxygen atoms in total. The van der Waals surface area contributed by atoms with E-state index in [1.807, 2.05) is 72.8 Å². The van der Waals surface area contributed by atoms with Crippen LogP contribution in [-0.2, 0) is 0 Å². The van der Waals surface area contributed by atoms with Gasteiger partial charge in [0.25, 0.3) is 0 Å². The van der Waals surface area contributed by atoms with Crippen LogP contribution in [-0.4, -0.2) is 4.57 Å². The molecule has 9 rings (SSSR count). The molecule has 0 radical (unpaired) electrons. The summed E-state index contributed by atoms with van der Waals surface area (Å²) in [7, 11) is 0. The van der Waals surface area contributed by atoms with Gasteiger partial charge in [0.05, 0.1) is 45.5 Å². The van der Waals surface area contributed by atoms with Crippen LogP contribution in [0.15, 0.2) is 158 Å². The molecular formula is C47H26N4. The lowest BCUT2D eigenvalue weighted by molar-refractivity contribution is 1.17. The first-order chi connectivity index (χ1) is 25.2. The van der Waals surface area contributed by atoms with Gasteiger partial charge in [0.15, 0.2) is 0 Å². The van der Waals surface area contributed by atoms with E-state index in [0.717, 1.165) is 76.9 Å². The van der Waals surface area contributed by atoms with Crippen LogP contribution in [0.4, 0.5) is 0 Å². The van der Waals surface area contributed by atoms with Gasteiger partial charge in [-0.2, -0.15) is 15.8 Å². The third-order valence-electron chi connectivity index (χ3n) is 9.88. The van der Waals surface area contributed by atoms with Crippen molar-refractivity contribution >= 4 is 43.4 Å². The van der Waals surface area contributed by atoms with E-state index >= 15 is 0 Å². The van der Waals surface area contributed by atoms with Crippen LogP contribution in [0.5, 0.6) is 0 Å². The third-order valence-corrected chi connectivity index (χ3v) is 9.88. The van der Waals surface area contributed by atoms with Crippen molar-refractivity contribution in [1.82, 2.24) is 4.57 Å². The van der Waals surface area contributed by atoms with Gasteiger partial charge in [-0.15, -0.1) is 0 Å². The molecule has 0 N–H and O–H groups in total. The Morgan fingerprint density at radius 2 is 0.941 bits per heavy atom. The maximum Gasteiger partial charge on any atom is 0.101 e. The number of hydrogen-bond donors (Lipinski definition) is 0. The predicted molar refractivity (Wildman–Crippen MR) is 206 cm³/mol. The SMILES string of the molecule is N#Cc1ccc(-c2ccc(-n3c4ccccc4c4cc(C#N)ccc43)c(C#N)c2)c(-c2c3ccccc3c(-c3ccccc3)c3ccccc23)c1. The average Bonchev–Trinajstić information content (AvgIpc) is 3.53. The van der Waals surface area contributed by atoms with Gasteiger partial charge >= 0.3 is 0 Å². The van der Waals surface area contributed by atoms with Gasteiger partial charge < -0.3 is 4.57 Å². The van der Waals surface area contributed by atoms with Crippen LogP contribution in [0, 0.1) is 34.0 Å². The normalized spacial score (nSPS) is 11.1. The molecule has 0 aliphatic rings. The third kappa shape index (κ3) is 4.66. The number of nitriles is 3. The van der Waals surface area contributed by atoms with E-state index in [1.54, 1.807) is 0 Å². The fourth-order valence-corrected chi connectivity index (χ4v) is 7.70. The van der Waals surface area contributed by atoms with Crippen molar-refractivity contribution in [2.75, 3.05) is 0 Å².